The molecule has 2 rings (SSSR count). The Bertz CT molecular complexity index is 540. The first-order valence-electron chi connectivity index (χ1n) is 4.88. The number of anilines is 1. The van der Waals surface area contributed by atoms with Crippen molar-refractivity contribution in [3.63, 3.8) is 0 Å². The molecule has 5 nitrogen and oxygen atoms in total. The van der Waals surface area contributed by atoms with E-state index in [0.29, 0.717) is 17.3 Å². The Labute approximate surface area is 107 Å². The van der Waals surface area contributed by atoms with Gasteiger partial charge in [0, 0.05) is 17.2 Å². The maximum atomic E-state index is 5.80. The van der Waals surface area contributed by atoms with E-state index in [1.807, 2.05) is 6.07 Å². The zero-order valence-electron chi connectivity index (χ0n) is 9.45. The van der Waals surface area contributed by atoms with Crippen LogP contribution in [-0.4, -0.2) is 24.4 Å². The van der Waals surface area contributed by atoms with E-state index in [1.54, 1.807) is 26.5 Å². The van der Waals surface area contributed by atoms with Gasteiger partial charge in [-0.05, 0) is 22.0 Å². The molecule has 0 amide bonds. The minimum absolute atomic E-state index is 0.500. The normalized spacial score (nSPS) is 10.3. The Hall–Kier alpha value is -1.69. The molecule has 0 unspecified atom stereocenters. The predicted octanol–water partition coefficient (Wildman–Crippen LogP) is 2.44. The van der Waals surface area contributed by atoms with E-state index in [9.17, 15) is 0 Å². The molecule has 0 bridgehead atoms. The van der Waals surface area contributed by atoms with Crippen LogP contribution >= 0.6 is 15.9 Å². The summed E-state index contributed by atoms with van der Waals surface area (Å²) in [5.41, 5.74) is 7.45. The summed E-state index contributed by atoms with van der Waals surface area (Å²) < 4.78 is 11.4. The average Bonchev–Trinajstić information content (AvgIpc) is 2.75. The monoisotopic (exact) mass is 297 g/mol. The summed E-state index contributed by atoms with van der Waals surface area (Å²) in [4.78, 5) is 0. The van der Waals surface area contributed by atoms with Crippen molar-refractivity contribution in [2.75, 3.05) is 20.0 Å². The third-order valence-electron chi connectivity index (χ3n) is 2.43. The van der Waals surface area contributed by atoms with E-state index in [2.05, 4.69) is 26.1 Å². The number of halogens is 1. The second-order valence-corrected chi connectivity index (χ2v) is 4.24. The SMILES string of the molecule is COc1cc(OC)c(-c2cn[nH]c2N)cc1Br. The van der Waals surface area contributed by atoms with E-state index >= 15 is 0 Å². The number of hydrogen-bond donors (Lipinski definition) is 2. The highest BCUT2D eigenvalue weighted by Crippen LogP contribution is 2.39. The van der Waals surface area contributed by atoms with Crippen molar-refractivity contribution in [2.24, 2.45) is 0 Å². The van der Waals surface area contributed by atoms with E-state index < -0.39 is 0 Å². The summed E-state index contributed by atoms with van der Waals surface area (Å²) in [6.07, 6.45) is 1.66. The van der Waals surface area contributed by atoms with Crippen molar-refractivity contribution in [3.05, 3.63) is 22.8 Å². The molecule has 0 radical (unpaired) electrons. The molecule has 0 spiro atoms. The van der Waals surface area contributed by atoms with Gasteiger partial charge in [0.25, 0.3) is 0 Å². The molecule has 6 heteroatoms. The van der Waals surface area contributed by atoms with Gasteiger partial charge in [-0.25, -0.2) is 0 Å². The van der Waals surface area contributed by atoms with Crippen molar-refractivity contribution < 1.29 is 9.47 Å². The van der Waals surface area contributed by atoms with Gasteiger partial charge in [0.2, 0.25) is 0 Å². The van der Waals surface area contributed by atoms with Gasteiger partial charge in [-0.15, -0.1) is 0 Å². The van der Waals surface area contributed by atoms with Crippen LogP contribution in [-0.2, 0) is 0 Å². The number of nitrogens with zero attached hydrogens (tertiary/aromatic N) is 1. The third kappa shape index (κ3) is 2.08. The van der Waals surface area contributed by atoms with Gasteiger partial charge in [-0.2, -0.15) is 5.10 Å². The molecule has 17 heavy (non-hydrogen) atoms. The van der Waals surface area contributed by atoms with Gasteiger partial charge in [-0.3, -0.25) is 5.10 Å². The van der Waals surface area contributed by atoms with Crippen LogP contribution in [0.1, 0.15) is 0 Å². The maximum Gasteiger partial charge on any atom is 0.136 e. The fraction of sp³-hybridized carbons (Fsp3) is 0.182. The lowest BCUT2D eigenvalue weighted by atomic mass is 10.1. The second kappa shape index (κ2) is 4.67. The lowest BCUT2D eigenvalue weighted by Crippen LogP contribution is -1.93. The molecule has 90 valence electrons. The van der Waals surface area contributed by atoms with Crippen molar-refractivity contribution in [3.8, 4) is 22.6 Å². The van der Waals surface area contributed by atoms with Crippen LogP contribution in [0.3, 0.4) is 0 Å². The van der Waals surface area contributed by atoms with Crippen LogP contribution in [0.4, 0.5) is 5.82 Å². The lowest BCUT2D eigenvalue weighted by Gasteiger charge is -2.11. The van der Waals surface area contributed by atoms with Crippen LogP contribution in [0.5, 0.6) is 11.5 Å². The number of nitrogen functional groups attached to an aromatic ring is 1. The fourth-order valence-corrected chi connectivity index (χ4v) is 2.09. The molecule has 0 aliphatic carbocycles. The molecule has 1 aromatic heterocycles. The van der Waals surface area contributed by atoms with Crippen molar-refractivity contribution in [1.82, 2.24) is 10.2 Å². The van der Waals surface area contributed by atoms with Gasteiger partial charge in [0.15, 0.2) is 0 Å². The van der Waals surface area contributed by atoms with Gasteiger partial charge in [0.05, 0.1) is 24.9 Å². The molecule has 0 atom stereocenters. The number of rotatable bonds is 3. The summed E-state index contributed by atoms with van der Waals surface area (Å²) in [5.74, 6) is 1.88. The first kappa shape index (κ1) is 11.8. The smallest absolute Gasteiger partial charge is 0.136 e. The minimum atomic E-state index is 0.500. The number of aromatic nitrogens is 2. The number of nitrogens with two attached hydrogens (primary N) is 1. The zero-order valence-corrected chi connectivity index (χ0v) is 11.0. The van der Waals surface area contributed by atoms with E-state index in [4.69, 9.17) is 15.2 Å². The number of methoxy groups -OCH3 is 2. The van der Waals surface area contributed by atoms with Gasteiger partial charge < -0.3 is 15.2 Å². The number of ether oxygens (including phenoxy) is 2. The van der Waals surface area contributed by atoms with E-state index in [0.717, 1.165) is 15.6 Å². The molecule has 0 saturated heterocycles. The highest BCUT2D eigenvalue weighted by Gasteiger charge is 2.14. The Morgan fingerprint density at radius 1 is 1.18 bits per heavy atom. The Morgan fingerprint density at radius 2 is 1.88 bits per heavy atom. The quantitative estimate of drug-likeness (QED) is 0.913. The summed E-state index contributed by atoms with van der Waals surface area (Å²) in [6, 6.07) is 3.69. The third-order valence-corrected chi connectivity index (χ3v) is 3.05. The van der Waals surface area contributed by atoms with Gasteiger partial charge in [-0.1, -0.05) is 0 Å². The topological polar surface area (TPSA) is 73.2 Å². The number of hydrogen-bond acceptors (Lipinski definition) is 4. The Morgan fingerprint density at radius 3 is 2.41 bits per heavy atom. The average molecular weight is 298 g/mol. The first-order chi connectivity index (χ1) is 8.17. The zero-order chi connectivity index (χ0) is 12.4. The number of nitrogens with one attached hydrogen (secondary N) is 1. The summed E-state index contributed by atoms with van der Waals surface area (Å²) in [7, 11) is 3.20. The maximum absolute atomic E-state index is 5.80. The number of benzene rings is 1. The van der Waals surface area contributed by atoms with Crippen LogP contribution in [0.15, 0.2) is 22.8 Å². The molecular weight excluding hydrogens is 286 g/mol. The minimum Gasteiger partial charge on any atom is -0.496 e. The number of H-pyrrole nitrogens is 1. The fourth-order valence-electron chi connectivity index (χ4n) is 1.58. The van der Waals surface area contributed by atoms with Crippen LogP contribution in [0, 0.1) is 0 Å². The van der Waals surface area contributed by atoms with Gasteiger partial charge >= 0.3 is 0 Å². The molecule has 1 heterocycles. The highest BCUT2D eigenvalue weighted by atomic mass is 79.9. The van der Waals surface area contributed by atoms with Crippen LogP contribution in [0.25, 0.3) is 11.1 Å². The molecule has 0 saturated carbocycles. The predicted molar refractivity (Wildman–Crippen MR) is 69.2 cm³/mol. The summed E-state index contributed by atoms with van der Waals surface area (Å²) in [6.45, 7) is 0. The Balaban J connectivity index is 2.61. The van der Waals surface area contributed by atoms with Crippen LogP contribution < -0.4 is 15.2 Å². The molecule has 3 N–H and O–H groups in total. The molecule has 0 aliphatic rings. The van der Waals surface area contributed by atoms with E-state index in [1.165, 1.54) is 0 Å². The summed E-state index contributed by atoms with van der Waals surface area (Å²) >= 11 is 3.43. The molecular formula is C11H12BrN3O2. The van der Waals surface area contributed by atoms with Gasteiger partial charge in [0.1, 0.15) is 17.3 Å². The highest BCUT2D eigenvalue weighted by molar-refractivity contribution is 9.10. The lowest BCUT2D eigenvalue weighted by molar-refractivity contribution is 0.393. The number of aromatic amines is 1. The largest absolute Gasteiger partial charge is 0.496 e. The standard InChI is InChI=1S/C11H12BrN3O2/c1-16-9-4-10(17-2)8(12)3-6(9)7-5-14-15-11(7)13/h3-5H,1-2H3,(H3,13,14,15). The van der Waals surface area contributed by atoms with Crippen molar-refractivity contribution >= 4 is 21.7 Å². The van der Waals surface area contributed by atoms with Crippen molar-refractivity contribution in [2.45, 2.75) is 0 Å². The van der Waals surface area contributed by atoms with Crippen LogP contribution in [0.2, 0.25) is 0 Å². The summed E-state index contributed by atoms with van der Waals surface area (Å²) in [5, 5.41) is 6.59. The second-order valence-electron chi connectivity index (χ2n) is 3.38. The first-order valence-corrected chi connectivity index (χ1v) is 5.67. The molecule has 2 aromatic rings. The molecule has 0 aliphatic heterocycles. The molecule has 1 aromatic carbocycles. The molecule has 0 fully saturated rings. The Kier molecular flexibility index (Phi) is 3.23. The van der Waals surface area contributed by atoms with E-state index in [-0.39, 0.29) is 0 Å². The van der Waals surface area contributed by atoms with Crippen molar-refractivity contribution in [1.29, 1.82) is 0 Å².